The van der Waals surface area contributed by atoms with Gasteiger partial charge in [-0.15, -0.1) is 0 Å². The van der Waals surface area contributed by atoms with Gasteiger partial charge >= 0.3 is 0 Å². The lowest BCUT2D eigenvalue weighted by molar-refractivity contribution is 0.1000. The molecule has 2 aromatic rings. The molecule has 1 aromatic heterocycles. The van der Waals surface area contributed by atoms with Gasteiger partial charge in [0.15, 0.2) is 11.5 Å². The fourth-order valence-corrected chi connectivity index (χ4v) is 3.44. The van der Waals surface area contributed by atoms with Crippen molar-refractivity contribution in [1.29, 1.82) is 0 Å². The van der Waals surface area contributed by atoms with Gasteiger partial charge in [-0.1, -0.05) is 6.07 Å². The Bertz CT molecular complexity index is 801. The molecule has 1 amide bonds. The molecular formula is C19H22N4O3. The molecule has 1 unspecified atom stereocenters. The van der Waals surface area contributed by atoms with Gasteiger partial charge in [-0.25, -0.2) is 4.98 Å². The molecule has 7 nitrogen and oxygen atoms in total. The molecule has 2 aliphatic rings. The van der Waals surface area contributed by atoms with Crippen LogP contribution in [0.3, 0.4) is 0 Å². The lowest BCUT2D eigenvalue weighted by atomic mass is 10.1. The third kappa shape index (κ3) is 3.17. The third-order valence-electron chi connectivity index (χ3n) is 5.10. The summed E-state index contributed by atoms with van der Waals surface area (Å²) in [5.41, 5.74) is 6.93. The summed E-state index contributed by atoms with van der Waals surface area (Å²) in [6.07, 6.45) is 1.54. The van der Waals surface area contributed by atoms with Crippen LogP contribution in [0.15, 0.2) is 36.5 Å². The van der Waals surface area contributed by atoms with E-state index in [0.29, 0.717) is 18.4 Å². The van der Waals surface area contributed by atoms with E-state index in [0.717, 1.165) is 43.5 Å². The van der Waals surface area contributed by atoms with Crippen LogP contribution in [0.1, 0.15) is 28.9 Å². The SMILES string of the molecule is CC(c1ccc2c(c1)OCO2)N1CCN(c2ccc(C(N)=O)cn2)CC1. The molecule has 1 aromatic carbocycles. The number of fused-ring (bicyclic) bond motifs is 1. The van der Waals surface area contributed by atoms with Gasteiger partial charge in [0, 0.05) is 38.4 Å². The standard InChI is InChI=1S/C19H22N4O3/c1-13(14-2-4-16-17(10-14)26-12-25-16)22-6-8-23(9-7-22)18-5-3-15(11-21-18)19(20)24/h2-5,10-11,13H,6-9,12H2,1H3,(H2,20,24). The predicted molar refractivity (Wildman–Crippen MR) is 97.5 cm³/mol. The molecule has 0 spiro atoms. The van der Waals surface area contributed by atoms with Crippen molar-refractivity contribution in [3.8, 4) is 11.5 Å². The van der Waals surface area contributed by atoms with Crippen LogP contribution < -0.4 is 20.1 Å². The number of anilines is 1. The van der Waals surface area contributed by atoms with Gasteiger partial charge in [0.05, 0.1) is 5.56 Å². The molecule has 4 rings (SSSR count). The number of hydrogen-bond acceptors (Lipinski definition) is 6. The smallest absolute Gasteiger partial charge is 0.250 e. The van der Waals surface area contributed by atoms with Crippen LogP contribution in [0.4, 0.5) is 5.82 Å². The summed E-state index contributed by atoms with van der Waals surface area (Å²) in [6, 6.07) is 10.0. The zero-order chi connectivity index (χ0) is 18.1. The summed E-state index contributed by atoms with van der Waals surface area (Å²) in [5.74, 6) is 2.07. The Morgan fingerprint density at radius 2 is 1.88 bits per heavy atom. The monoisotopic (exact) mass is 354 g/mol. The molecule has 2 aliphatic heterocycles. The molecule has 136 valence electrons. The molecule has 7 heteroatoms. The maximum absolute atomic E-state index is 11.2. The Morgan fingerprint density at radius 1 is 1.12 bits per heavy atom. The minimum atomic E-state index is -0.452. The van der Waals surface area contributed by atoms with Gasteiger partial charge in [-0.3, -0.25) is 9.69 Å². The average molecular weight is 354 g/mol. The number of aromatic nitrogens is 1. The van der Waals surface area contributed by atoms with Crippen LogP contribution in [0.2, 0.25) is 0 Å². The van der Waals surface area contributed by atoms with E-state index in [2.05, 4.69) is 33.8 Å². The van der Waals surface area contributed by atoms with Gasteiger partial charge in [0.2, 0.25) is 12.7 Å². The highest BCUT2D eigenvalue weighted by Gasteiger charge is 2.24. The van der Waals surface area contributed by atoms with E-state index in [1.54, 1.807) is 12.3 Å². The fourth-order valence-electron chi connectivity index (χ4n) is 3.44. The minimum Gasteiger partial charge on any atom is -0.454 e. The first-order valence-electron chi connectivity index (χ1n) is 8.76. The molecule has 0 saturated carbocycles. The highest BCUT2D eigenvalue weighted by atomic mass is 16.7. The van der Waals surface area contributed by atoms with Gasteiger partial charge in [0.1, 0.15) is 5.82 Å². The summed E-state index contributed by atoms with van der Waals surface area (Å²) < 4.78 is 10.9. The van der Waals surface area contributed by atoms with Crippen molar-refractivity contribution >= 4 is 11.7 Å². The lowest BCUT2D eigenvalue weighted by Gasteiger charge is -2.38. The first-order chi connectivity index (χ1) is 12.6. The largest absolute Gasteiger partial charge is 0.454 e. The Kier molecular flexibility index (Phi) is 4.38. The maximum atomic E-state index is 11.2. The van der Waals surface area contributed by atoms with E-state index in [9.17, 15) is 4.79 Å². The number of primary amides is 1. The second-order valence-electron chi connectivity index (χ2n) is 6.58. The van der Waals surface area contributed by atoms with Crippen LogP contribution in [0.25, 0.3) is 0 Å². The summed E-state index contributed by atoms with van der Waals surface area (Å²) in [4.78, 5) is 20.2. The highest BCUT2D eigenvalue weighted by Crippen LogP contribution is 2.35. The molecule has 1 saturated heterocycles. The first-order valence-corrected chi connectivity index (χ1v) is 8.76. The molecule has 0 radical (unpaired) electrons. The number of nitrogens with two attached hydrogens (primary N) is 1. The number of carbonyl (C=O) groups is 1. The molecule has 3 heterocycles. The number of ether oxygens (including phenoxy) is 2. The zero-order valence-electron chi connectivity index (χ0n) is 14.7. The minimum absolute atomic E-state index is 0.299. The third-order valence-corrected chi connectivity index (χ3v) is 5.10. The van der Waals surface area contributed by atoms with Gasteiger partial charge in [0.25, 0.3) is 0 Å². The average Bonchev–Trinajstić information content (AvgIpc) is 3.15. The first kappa shape index (κ1) is 16.7. The van der Waals surface area contributed by atoms with Crippen LogP contribution in [0.5, 0.6) is 11.5 Å². The number of pyridine rings is 1. The number of piperazine rings is 1. The van der Waals surface area contributed by atoms with E-state index in [1.165, 1.54) is 5.56 Å². The number of amides is 1. The molecule has 26 heavy (non-hydrogen) atoms. The second kappa shape index (κ2) is 6.84. The highest BCUT2D eigenvalue weighted by molar-refractivity contribution is 5.92. The van der Waals surface area contributed by atoms with E-state index in [-0.39, 0.29) is 0 Å². The van der Waals surface area contributed by atoms with E-state index >= 15 is 0 Å². The van der Waals surface area contributed by atoms with Crippen LogP contribution in [-0.2, 0) is 0 Å². The van der Waals surface area contributed by atoms with Crippen LogP contribution >= 0.6 is 0 Å². The number of nitrogens with zero attached hydrogens (tertiary/aromatic N) is 3. The quantitative estimate of drug-likeness (QED) is 0.902. The summed E-state index contributed by atoms with van der Waals surface area (Å²) >= 11 is 0. The van der Waals surface area contributed by atoms with Crippen molar-refractivity contribution in [2.75, 3.05) is 37.9 Å². The van der Waals surface area contributed by atoms with Crippen molar-refractivity contribution in [2.45, 2.75) is 13.0 Å². The van der Waals surface area contributed by atoms with Crippen molar-refractivity contribution in [3.05, 3.63) is 47.7 Å². The molecule has 2 N–H and O–H groups in total. The number of benzene rings is 1. The van der Waals surface area contributed by atoms with Crippen molar-refractivity contribution in [3.63, 3.8) is 0 Å². The molecule has 0 aliphatic carbocycles. The van der Waals surface area contributed by atoms with Gasteiger partial charge in [-0.2, -0.15) is 0 Å². The predicted octanol–water partition coefficient (Wildman–Crippen LogP) is 1.79. The van der Waals surface area contributed by atoms with Crippen molar-refractivity contribution in [1.82, 2.24) is 9.88 Å². The Hall–Kier alpha value is -2.80. The van der Waals surface area contributed by atoms with E-state index in [1.807, 2.05) is 12.1 Å². The second-order valence-corrected chi connectivity index (χ2v) is 6.58. The normalized spacial score (nSPS) is 18.0. The van der Waals surface area contributed by atoms with E-state index < -0.39 is 5.91 Å². The van der Waals surface area contributed by atoms with E-state index in [4.69, 9.17) is 15.2 Å². The van der Waals surface area contributed by atoms with Gasteiger partial charge < -0.3 is 20.1 Å². The van der Waals surface area contributed by atoms with Crippen LogP contribution in [-0.4, -0.2) is 48.8 Å². The Balaban J connectivity index is 1.39. The fraction of sp³-hybridized carbons (Fsp3) is 0.368. The molecule has 0 bridgehead atoms. The van der Waals surface area contributed by atoms with Gasteiger partial charge in [-0.05, 0) is 36.8 Å². The van der Waals surface area contributed by atoms with Crippen LogP contribution in [0, 0.1) is 0 Å². The van der Waals surface area contributed by atoms with Crippen molar-refractivity contribution < 1.29 is 14.3 Å². The lowest BCUT2D eigenvalue weighted by Crippen LogP contribution is -2.47. The molecular weight excluding hydrogens is 332 g/mol. The number of rotatable bonds is 4. The molecule has 1 atom stereocenters. The Morgan fingerprint density at radius 3 is 2.58 bits per heavy atom. The summed E-state index contributed by atoms with van der Waals surface area (Å²) in [6.45, 7) is 6.17. The Labute approximate surface area is 152 Å². The van der Waals surface area contributed by atoms with Crippen molar-refractivity contribution in [2.24, 2.45) is 5.73 Å². The number of hydrogen-bond donors (Lipinski definition) is 1. The maximum Gasteiger partial charge on any atom is 0.250 e. The topological polar surface area (TPSA) is 80.9 Å². The molecule has 1 fully saturated rings. The zero-order valence-corrected chi connectivity index (χ0v) is 14.7. The summed E-state index contributed by atoms with van der Waals surface area (Å²) in [7, 11) is 0. The number of carbonyl (C=O) groups excluding carboxylic acids is 1. The summed E-state index contributed by atoms with van der Waals surface area (Å²) in [5, 5.41) is 0.